The Morgan fingerprint density at radius 2 is 1.69 bits per heavy atom. The van der Waals surface area contributed by atoms with Crippen molar-refractivity contribution in [2.45, 2.75) is 63.6 Å². The maximum absolute atomic E-state index is 13.6. The van der Waals surface area contributed by atoms with E-state index in [0.29, 0.717) is 0 Å². The third-order valence-corrected chi connectivity index (χ3v) is 8.95. The zero-order chi connectivity index (χ0) is 24.2. The van der Waals surface area contributed by atoms with Gasteiger partial charge >= 0.3 is 6.03 Å². The number of imide groups is 1. The van der Waals surface area contributed by atoms with Crippen LogP contribution in [0, 0.1) is 5.92 Å². The summed E-state index contributed by atoms with van der Waals surface area (Å²) >= 11 is 0. The topological polar surface area (TPSA) is 55.9 Å². The van der Waals surface area contributed by atoms with Crippen LogP contribution in [0.25, 0.3) is 0 Å². The molecule has 2 fully saturated rings. The molecule has 184 valence electrons. The Balaban J connectivity index is 1.09. The van der Waals surface area contributed by atoms with E-state index in [2.05, 4.69) is 52.5 Å². The smallest absolute Gasteiger partial charge is 0.325 e. The van der Waals surface area contributed by atoms with Crippen LogP contribution in [0.1, 0.15) is 48.4 Å². The van der Waals surface area contributed by atoms with Gasteiger partial charge in [0.05, 0.1) is 0 Å². The number of hydrogen-bond donors (Lipinski definition) is 1. The molecule has 0 spiro atoms. The quantitative estimate of drug-likeness (QED) is 0.689. The van der Waals surface area contributed by atoms with Crippen LogP contribution in [0.15, 0.2) is 42.5 Å². The Bertz CT molecular complexity index is 1130. The van der Waals surface area contributed by atoms with E-state index in [-0.39, 0.29) is 23.9 Å². The second kappa shape index (κ2) is 8.66. The minimum Gasteiger partial charge on any atom is -0.374 e. The summed E-state index contributed by atoms with van der Waals surface area (Å²) in [6.07, 6.45) is 5.77. The van der Waals surface area contributed by atoms with Gasteiger partial charge in [-0.2, -0.15) is 0 Å². The number of aryl methyl sites for hydroxylation is 1. The first kappa shape index (κ1) is 22.6. The summed E-state index contributed by atoms with van der Waals surface area (Å²) in [5.74, 6) is 0.138. The molecule has 0 bridgehead atoms. The van der Waals surface area contributed by atoms with E-state index in [0.717, 1.165) is 51.9 Å². The second-order valence-electron chi connectivity index (χ2n) is 11.2. The predicted octanol–water partition coefficient (Wildman–Crippen LogP) is 3.76. The van der Waals surface area contributed by atoms with Crippen LogP contribution < -0.4 is 10.2 Å². The molecule has 1 N–H and O–H groups in total. The standard InChI is InChI=1S/C29H36N4O2/c1-29(27(34)33(28(35)30-29)25-17-21-6-3-4-7-22(21)18-25)24-11-14-32(15-12-24)19-20-9-10-26-23(16-20)8-5-13-31(26)2/h3-4,6-7,9-10,16,24-25H,5,8,11-15,17-19H2,1-2H3,(H,30,35)/t29-/m1/s1. The second-order valence-corrected chi connectivity index (χ2v) is 11.2. The van der Waals surface area contributed by atoms with E-state index < -0.39 is 5.54 Å². The van der Waals surface area contributed by atoms with Crippen molar-refractivity contribution >= 4 is 17.6 Å². The Morgan fingerprint density at radius 1 is 0.971 bits per heavy atom. The molecule has 0 saturated carbocycles. The molecule has 2 saturated heterocycles. The number of nitrogens with zero attached hydrogens (tertiary/aromatic N) is 3. The first-order valence-corrected chi connectivity index (χ1v) is 13.2. The molecule has 1 atom stereocenters. The van der Waals surface area contributed by atoms with Crippen LogP contribution in [0.3, 0.4) is 0 Å². The molecule has 3 heterocycles. The van der Waals surface area contributed by atoms with Crippen LogP contribution in [0.4, 0.5) is 10.5 Å². The molecule has 0 radical (unpaired) electrons. The number of hydrogen-bond acceptors (Lipinski definition) is 4. The zero-order valence-electron chi connectivity index (χ0n) is 20.9. The molecular formula is C29H36N4O2. The molecular weight excluding hydrogens is 436 g/mol. The van der Waals surface area contributed by atoms with Gasteiger partial charge in [-0.25, -0.2) is 4.79 Å². The van der Waals surface area contributed by atoms with E-state index >= 15 is 0 Å². The number of nitrogens with one attached hydrogen (secondary N) is 1. The number of carbonyl (C=O) groups is 2. The molecule has 6 heteroatoms. The minimum atomic E-state index is -0.797. The number of urea groups is 1. The molecule has 0 aromatic heterocycles. The lowest BCUT2D eigenvalue weighted by molar-refractivity contribution is -0.134. The van der Waals surface area contributed by atoms with Crippen LogP contribution in [0.5, 0.6) is 0 Å². The lowest BCUT2D eigenvalue weighted by atomic mass is 9.78. The fourth-order valence-corrected chi connectivity index (χ4v) is 6.87. The van der Waals surface area contributed by atoms with E-state index in [1.54, 1.807) is 0 Å². The zero-order valence-corrected chi connectivity index (χ0v) is 20.9. The fourth-order valence-electron chi connectivity index (χ4n) is 6.87. The number of benzene rings is 2. The summed E-state index contributed by atoms with van der Waals surface area (Å²) in [6.45, 7) is 5.95. The van der Waals surface area contributed by atoms with Crippen LogP contribution in [0.2, 0.25) is 0 Å². The van der Waals surface area contributed by atoms with Gasteiger partial charge in [-0.3, -0.25) is 14.6 Å². The normalized spacial score (nSPS) is 25.7. The Hall–Kier alpha value is -2.86. The van der Waals surface area contributed by atoms with Crippen molar-refractivity contribution in [3.8, 4) is 0 Å². The van der Waals surface area contributed by atoms with Crippen LogP contribution >= 0.6 is 0 Å². The Morgan fingerprint density at radius 3 is 2.40 bits per heavy atom. The Labute approximate surface area is 208 Å². The summed E-state index contributed by atoms with van der Waals surface area (Å²) < 4.78 is 0. The Kier molecular flexibility index (Phi) is 5.59. The monoisotopic (exact) mass is 472 g/mol. The van der Waals surface area contributed by atoms with Gasteiger partial charge in [0.25, 0.3) is 5.91 Å². The molecule has 0 unspecified atom stereocenters. The van der Waals surface area contributed by atoms with Gasteiger partial charge in [-0.05, 0) is 92.8 Å². The first-order valence-electron chi connectivity index (χ1n) is 13.2. The minimum absolute atomic E-state index is 0.0300. The molecule has 3 amide bonds. The van der Waals surface area contributed by atoms with Gasteiger partial charge in [0.15, 0.2) is 0 Å². The van der Waals surface area contributed by atoms with Crippen molar-refractivity contribution in [1.29, 1.82) is 0 Å². The van der Waals surface area contributed by atoms with E-state index in [1.165, 1.54) is 45.7 Å². The molecule has 2 aromatic rings. The van der Waals surface area contributed by atoms with Gasteiger partial charge in [0, 0.05) is 31.9 Å². The van der Waals surface area contributed by atoms with Crippen LogP contribution in [-0.4, -0.2) is 60.0 Å². The van der Waals surface area contributed by atoms with Crippen molar-refractivity contribution in [2.24, 2.45) is 5.92 Å². The van der Waals surface area contributed by atoms with E-state index in [1.807, 2.05) is 19.1 Å². The maximum atomic E-state index is 13.6. The molecule has 6 nitrogen and oxygen atoms in total. The predicted molar refractivity (Wildman–Crippen MR) is 137 cm³/mol. The summed E-state index contributed by atoms with van der Waals surface area (Å²) in [6, 6.07) is 15.0. The summed E-state index contributed by atoms with van der Waals surface area (Å²) in [4.78, 5) is 33.0. The number of fused-ring (bicyclic) bond motifs is 2. The lowest BCUT2D eigenvalue weighted by Gasteiger charge is -2.39. The highest BCUT2D eigenvalue weighted by Crippen LogP contribution is 2.37. The highest BCUT2D eigenvalue weighted by molar-refractivity contribution is 6.07. The van der Waals surface area contributed by atoms with E-state index in [9.17, 15) is 9.59 Å². The van der Waals surface area contributed by atoms with E-state index in [4.69, 9.17) is 0 Å². The van der Waals surface area contributed by atoms with Gasteiger partial charge in [0.2, 0.25) is 0 Å². The van der Waals surface area contributed by atoms with Gasteiger partial charge in [-0.15, -0.1) is 0 Å². The number of amides is 3. The summed E-state index contributed by atoms with van der Waals surface area (Å²) in [5.41, 5.74) is 5.93. The van der Waals surface area contributed by atoms with Gasteiger partial charge in [-0.1, -0.05) is 36.4 Å². The third-order valence-electron chi connectivity index (χ3n) is 8.95. The van der Waals surface area contributed by atoms with Gasteiger partial charge in [0.1, 0.15) is 5.54 Å². The van der Waals surface area contributed by atoms with Crippen molar-refractivity contribution in [3.63, 3.8) is 0 Å². The van der Waals surface area contributed by atoms with Crippen molar-refractivity contribution in [1.82, 2.24) is 15.1 Å². The largest absolute Gasteiger partial charge is 0.374 e. The molecule has 35 heavy (non-hydrogen) atoms. The summed E-state index contributed by atoms with van der Waals surface area (Å²) in [7, 11) is 2.18. The molecule has 4 aliphatic rings. The average Bonchev–Trinajstić information content (AvgIpc) is 3.37. The van der Waals surface area contributed by atoms with Gasteiger partial charge < -0.3 is 10.2 Å². The third kappa shape index (κ3) is 3.92. The first-order chi connectivity index (χ1) is 16.9. The molecule has 1 aliphatic carbocycles. The molecule has 3 aliphatic heterocycles. The fraction of sp³-hybridized carbons (Fsp3) is 0.517. The number of carbonyl (C=O) groups excluding carboxylic acids is 2. The number of rotatable bonds is 4. The maximum Gasteiger partial charge on any atom is 0.325 e. The number of anilines is 1. The molecule has 2 aromatic carbocycles. The van der Waals surface area contributed by atoms with Crippen molar-refractivity contribution in [3.05, 3.63) is 64.7 Å². The van der Waals surface area contributed by atoms with Crippen molar-refractivity contribution < 1.29 is 9.59 Å². The molecule has 6 rings (SSSR count). The average molecular weight is 473 g/mol. The number of piperidine rings is 1. The summed E-state index contributed by atoms with van der Waals surface area (Å²) in [5, 5.41) is 3.12. The van der Waals surface area contributed by atoms with Crippen molar-refractivity contribution in [2.75, 3.05) is 31.6 Å². The highest BCUT2D eigenvalue weighted by atomic mass is 16.2. The SMILES string of the molecule is CN1CCCc2cc(CN3CCC([C@@]4(C)NC(=O)N(C5Cc6ccccc6C5)C4=O)CC3)ccc21. The lowest BCUT2D eigenvalue weighted by Crippen LogP contribution is -2.54. The highest BCUT2D eigenvalue weighted by Gasteiger charge is 2.55. The van der Waals surface area contributed by atoms with Crippen LogP contribution in [-0.2, 0) is 30.6 Å². The number of likely N-dealkylation sites (tertiary alicyclic amines) is 1.